The molecule has 0 radical (unpaired) electrons. The zero-order valence-corrected chi connectivity index (χ0v) is 13.1. The average molecular weight is 313 g/mol. The summed E-state index contributed by atoms with van der Waals surface area (Å²) in [6.45, 7) is 5.28. The molecule has 0 aromatic carbocycles. The molecule has 120 valence electrons. The summed E-state index contributed by atoms with van der Waals surface area (Å²) in [5, 5.41) is 0.899. The Hall–Kier alpha value is -1.99. The number of hydrogen-bond donors (Lipinski definition) is 1. The second-order valence-corrected chi connectivity index (χ2v) is 6.84. The molecule has 4 aliphatic rings. The molecule has 6 heterocycles. The second kappa shape index (κ2) is 4.75. The summed E-state index contributed by atoms with van der Waals surface area (Å²) < 4.78 is 5.54. The first-order chi connectivity index (χ1) is 11.2. The summed E-state index contributed by atoms with van der Waals surface area (Å²) in [6.07, 6.45) is 4.97. The van der Waals surface area contributed by atoms with Crippen molar-refractivity contribution in [2.75, 3.05) is 19.6 Å². The minimum absolute atomic E-state index is 0.124. The number of nitrogens with zero attached hydrogens (tertiary/aromatic N) is 4. The molecule has 0 unspecified atom stereocenters. The second-order valence-electron chi connectivity index (χ2n) is 6.84. The number of aliphatic imine (C=N–C) groups is 1. The van der Waals surface area contributed by atoms with E-state index in [0.29, 0.717) is 17.6 Å². The van der Waals surface area contributed by atoms with Crippen LogP contribution in [-0.2, 0) is 4.84 Å². The van der Waals surface area contributed by atoms with Gasteiger partial charge in [-0.2, -0.15) is 9.98 Å². The van der Waals surface area contributed by atoms with Gasteiger partial charge in [-0.25, -0.2) is 4.98 Å². The number of rotatable bonds is 1. The fourth-order valence-corrected chi connectivity index (χ4v) is 4.14. The highest BCUT2D eigenvalue weighted by Gasteiger charge is 2.52. The van der Waals surface area contributed by atoms with Crippen LogP contribution in [0.5, 0.6) is 0 Å². The van der Waals surface area contributed by atoms with E-state index in [4.69, 9.17) is 9.25 Å². The highest BCUT2D eigenvalue weighted by Crippen LogP contribution is 2.42. The molecule has 0 saturated carbocycles. The summed E-state index contributed by atoms with van der Waals surface area (Å²) in [4.78, 5) is 21.7. The molecular weight excluding hydrogens is 294 g/mol. The van der Waals surface area contributed by atoms with Gasteiger partial charge in [0.2, 0.25) is 5.71 Å². The van der Waals surface area contributed by atoms with Crippen LogP contribution >= 0.6 is 0 Å². The van der Waals surface area contributed by atoms with Crippen LogP contribution in [0, 0.1) is 12.8 Å². The number of hydrogen-bond acceptors (Lipinski definition) is 6. The van der Waals surface area contributed by atoms with Gasteiger partial charge in [0.15, 0.2) is 0 Å². The van der Waals surface area contributed by atoms with E-state index in [0.717, 1.165) is 29.9 Å². The number of hydroxylamine groups is 1. The molecule has 2 aromatic rings. The van der Waals surface area contributed by atoms with Gasteiger partial charge in [0.1, 0.15) is 17.2 Å². The normalized spacial score (nSPS) is 34.6. The van der Waals surface area contributed by atoms with Crippen molar-refractivity contribution in [2.45, 2.75) is 31.8 Å². The molecule has 1 atom stereocenters. The Morgan fingerprint density at radius 1 is 1.39 bits per heavy atom. The van der Waals surface area contributed by atoms with Crippen molar-refractivity contribution in [1.29, 1.82) is 0 Å². The lowest BCUT2D eigenvalue weighted by molar-refractivity contribution is -0.150. The molecule has 1 N–H and O–H groups in total. The molecule has 7 heteroatoms. The molecule has 2 bridgehead atoms. The molecule has 7 nitrogen and oxygen atoms in total. The van der Waals surface area contributed by atoms with Crippen molar-refractivity contribution in [2.24, 2.45) is 10.9 Å². The predicted octanol–water partition coefficient (Wildman–Crippen LogP) is 1.95. The molecule has 23 heavy (non-hydrogen) atoms. The predicted molar refractivity (Wildman–Crippen MR) is 84.4 cm³/mol. The number of aromatic nitrogens is 2. The minimum Gasteiger partial charge on any atom is -0.443 e. The minimum atomic E-state index is -0.124. The van der Waals surface area contributed by atoms with Gasteiger partial charge in [0, 0.05) is 19.2 Å². The number of nitrogens with one attached hydrogen (secondary N) is 1. The van der Waals surface area contributed by atoms with Gasteiger partial charge < -0.3 is 9.32 Å². The third-order valence-electron chi connectivity index (χ3n) is 5.28. The van der Waals surface area contributed by atoms with Gasteiger partial charge >= 0.3 is 0 Å². The molecule has 4 aliphatic heterocycles. The van der Waals surface area contributed by atoms with E-state index < -0.39 is 0 Å². The summed E-state index contributed by atoms with van der Waals surface area (Å²) in [5.74, 6) is 2.66. The highest BCUT2D eigenvalue weighted by molar-refractivity contribution is 5.86. The number of amidine groups is 1. The maximum absolute atomic E-state index is 5.99. The Kier molecular flexibility index (Phi) is 2.78. The first-order valence-electron chi connectivity index (χ1n) is 8.17. The first kappa shape index (κ1) is 13.4. The van der Waals surface area contributed by atoms with Crippen LogP contribution in [0.1, 0.15) is 25.0 Å². The third-order valence-corrected chi connectivity index (χ3v) is 5.28. The lowest BCUT2D eigenvalue weighted by Crippen LogP contribution is -2.59. The van der Waals surface area contributed by atoms with Crippen molar-refractivity contribution in [1.82, 2.24) is 20.3 Å². The van der Waals surface area contributed by atoms with Crippen LogP contribution in [0.15, 0.2) is 21.7 Å². The summed E-state index contributed by atoms with van der Waals surface area (Å²) >= 11 is 0. The van der Waals surface area contributed by atoms with Gasteiger partial charge in [-0.15, -0.1) is 0 Å². The van der Waals surface area contributed by atoms with Gasteiger partial charge in [-0.1, -0.05) is 0 Å². The molecule has 6 rings (SSSR count). The Labute approximate surface area is 133 Å². The van der Waals surface area contributed by atoms with E-state index in [1.165, 1.54) is 25.9 Å². The van der Waals surface area contributed by atoms with E-state index in [1.54, 1.807) is 6.20 Å². The molecular formula is C16H19N5O2. The number of piperidine rings is 3. The number of fused-ring (bicyclic) bond motifs is 3. The quantitative estimate of drug-likeness (QED) is 0.867. The Morgan fingerprint density at radius 2 is 2.26 bits per heavy atom. The number of aryl methyl sites for hydroxylation is 1. The Balaban J connectivity index is 1.42. The van der Waals surface area contributed by atoms with Crippen molar-refractivity contribution in [3.63, 3.8) is 0 Å². The van der Waals surface area contributed by atoms with Crippen LogP contribution < -0.4 is 5.48 Å². The maximum atomic E-state index is 5.99. The third kappa shape index (κ3) is 2.14. The van der Waals surface area contributed by atoms with E-state index in [-0.39, 0.29) is 5.60 Å². The van der Waals surface area contributed by atoms with Gasteiger partial charge in [-0.3, -0.25) is 10.3 Å². The lowest BCUT2D eigenvalue weighted by Gasteiger charge is -2.49. The fourth-order valence-electron chi connectivity index (χ4n) is 4.14. The lowest BCUT2D eigenvalue weighted by atomic mass is 9.74. The van der Waals surface area contributed by atoms with E-state index in [1.807, 2.05) is 13.0 Å². The van der Waals surface area contributed by atoms with Gasteiger partial charge in [0.05, 0.1) is 5.39 Å². The van der Waals surface area contributed by atoms with Crippen LogP contribution in [0.4, 0.5) is 5.95 Å². The van der Waals surface area contributed by atoms with Gasteiger partial charge in [-0.05, 0) is 44.8 Å². The summed E-state index contributed by atoms with van der Waals surface area (Å²) in [5.41, 5.74) is 3.47. The summed E-state index contributed by atoms with van der Waals surface area (Å²) in [6, 6.07) is 1.92. The van der Waals surface area contributed by atoms with E-state index in [9.17, 15) is 0 Å². The van der Waals surface area contributed by atoms with E-state index >= 15 is 0 Å². The fraction of sp³-hybridized carbons (Fsp3) is 0.562. The highest BCUT2D eigenvalue weighted by atomic mass is 16.7. The topological polar surface area (TPSA) is 75.8 Å². The Bertz CT molecular complexity index is 793. The molecule has 4 fully saturated rings. The monoisotopic (exact) mass is 313 g/mol. The molecule has 0 aliphatic carbocycles. The Morgan fingerprint density at radius 3 is 3.04 bits per heavy atom. The maximum Gasteiger partial charge on any atom is 0.254 e. The van der Waals surface area contributed by atoms with Crippen molar-refractivity contribution < 1.29 is 9.25 Å². The number of furan rings is 1. The molecule has 4 saturated heterocycles. The average Bonchev–Trinajstić information content (AvgIpc) is 3.11. The van der Waals surface area contributed by atoms with Crippen LogP contribution in [0.25, 0.3) is 11.1 Å². The zero-order chi connectivity index (χ0) is 15.4. The van der Waals surface area contributed by atoms with Gasteiger partial charge in [0.25, 0.3) is 5.95 Å². The summed E-state index contributed by atoms with van der Waals surface area (Å²) in [7, 11) is 0. The van der Waals surface area contributed by atoms with E-state index in [2.05, 4.69) is 25.3 Å². The van der Waals surface area contributed by atoms with Crippen molar-refractivity contribution in [3.8, 4) is 0 Å². The largest absolute Gasteiger partial charge is 0.443 e. The smallest absolute Gasteiger partial charge is 0.254 e. The van der Waals surface area contributed by atoms with Crippen LogP contribution in [0.2, 0.25) is 0 Å². The molecule has 1 spiro atoms. The van der Waals surface area contributed by atoms with Crippen molar-refractivity contribution >= 4 is 22.9 Å². The molecule has 2 aromatic heterocycles. The van der Waals surface area contributed by atoms with Crippen LogP contribution in [-0.4, -0.2) is 45.9 Å². The molecule has 0 amide bonds. The first-order valence-corrected chi connectivity index (χ1v) is 8.17. The van der Waals surface area contributed by atoms with Crippen LogP contribution in [0.3, 0.4) is 0 Å². The SMILES string of the molecule is Cc1cc2cnc(N=C3C[C@@]4(CN5CCC4CC5)ON3)nc2o1. The standard InChI is InChI=1S/C16H19N5O2/c1-10-6-11-8-17-15(19-14(11)22-10)18-13-7-16(23-20-13)9-21-4-2-12(16)3-5-21/h6,8,12H,2-5,7,9H2,1H3,(H,17,18,19,20)/t16-/m0/s1. The van der Waals surface area contributed by atoms with Crippen molar-refractivity contribution in [3.05, 3.63) is 18.0 Å². The zero-order valence-electron chi connectivity index (χ0n) is 13.1.